The van der Waals surface area contributed by atoms with Crippen molar-refractivity contribution in [3.05, 3.63) is 34.3 Å². The number of halogens is 1. The lowest BCUT2D eigenvalue weighted by Gasteiger charge is -2.16. The maximum absolute atomic E-state index is 6.15. The van der Waals surface area contributed by atoms with Gasteiger partial charge < -0.3 is 5.73 Å². The molecule has 0 heterocycles. The Morgan fingerprint density at radius 2 is 1.93 bits per heavy atom. The second-order valence-electron chi connectivity index (χ2n) is 4.53. The van der Waals surface area contributed by atoms with Gasteiger partial charge in [0.1, 0.15) is 0 Å². The van der Waals surface area contributed by atoms with Crippen LogP contribution >= 0.6 is 11.6 Å². The highest BCUT2D eigenvalue weighted by Crippen LogP contribution is 2.26. The molecule has 0 aromatic heterocycles. The van der Waals surface area contributed by atoms with E-state index in [1.54, 1.807) is 0 Å². The predicted molar refractivity (Wildman–Crippen MR) is 67.2 cm³/mol. The Kier molecular flexibility index (Phi) is 4.62. The smallest absolute Gasteiger partial charge is 0.0438 e. The number of nitrogens with two attached hydrogens (primary N) is 1. The summed E-state index contributed by atoms with van der Waals surface area (Å²) in [5.74, 6) is 0.704. The second kappa shape index (κ2) is 5.53. The van der Waals surface area contributed by atoms with E-state index in [2.05, 4.69) is 19.9 Å². The molecule has 15 heavy (non-hydrogen) atoms. The van der Waals surface area contributed by atoms with Crippen LogP contribution in [0.15, 0.2) is 18.2 Å². The monoisotopic (exact) mass is 225 g/mol. The molecular formula is C13H20ClN. The van der Waals surface area contributed by atoms with Gasteiger partial charge in [-0.15, -0.1) is 0 Å². The minimum Gasteiger partial charge on any atom is -0.324 e. The minimum absolute atomic E-state index is 0.117. The zero-order valence-electron chi connectivity index (χ0n) is 9.76. The standard InChI is InChI=1S/C13H20ClN/c1-9(2)7-8-13(15)11-5-4-6-12(14)10(11)3/h4-6,9,13H,7-8,15H2,1-3H3. The Labute approximate surface area is 97.6 Å². The number of hydrogen-bond acceptors (Lipinski definition) is 1. The van der Waals surface area contributed by atoms with Gasteiger partial charge in [-0.05, 0) is 42.9 Å². The summed E-state index contributed by atoms with van der Waals surface area (Å²) >= 11 is 6.07. The lowest BCUT2D eigenvalue weighted by Crippen LogP contribution is -2.12. The molecule has 0 saturated heterocycles. The van der Waals surface area contributed by atoms with Crippen LogP contribution in [0.25, 0.3) is 0 Å². The Morgan fingerprint density at radius 1 is 1.27 bits per heavy atom. The molecule has 0 saturated carbocycles. The molecule has 84 valence electrons. The number of hydrogen-bond donors (Lipinski definition) is 1. The fourth-order valence-electron chi connectivity index (χ4n) is 1.69. The van der Waals surface area contributed by atoms with Crippen molar-refractivity contribution in [1.29, 1.82) is 0 Å². The van der Waals surface area contributed by atoms with Crippen molar-refractivity contribution < 1.29 is 0 Å². The van der Waals surface area contributed by atoms with E-state index < -0.39 is 0 Å². The van der Waals surface area contributed by atoms with E-state index in [1.807, 2.05) is 19.1 Å². The highest BCUT2D eigenvalue weighted by atomic mass is 35.5. The van der Waals surface area contributed by atoms with E-state index >= 15 is 0 Å². The van der Waals surface area contributed by atoms with E-state index in [4.69, 9.17) is 17.3 Å². The summed E-state index contributed by atoms with van der Waals surface area (Å²) in [7, 11) is 0. The van der Waals surface area contributed by atoms with Crippen LogP contribution in [0.1, 0.15) is 43.9 Å². The third-order valence-electron chi connectivity index (χ3n) is 2.76. The van der Waals surface area contributed by atoms with Gasteiger partial charge in [0, 0.05) is 11.1 Å². The van der Waals surface area contributed by atoms with E-state index in [0.717, 1.165) is 23.4 Å². The highest BCUT2D eigenvalue weighted by molar-refractivity contribution is 6.31. The first-order chi connectivity index (χ1) is 7.02. The number of rotatable bonds is 4. The highest BCUT2D eigenvalue weighted by Gasteiger charge is 2.10. The maximum atomic E-state index is 6.15. The van der Waals surface area contributed by atoms with Crippen molar-refractivity contribution >= 4 is 11.6 Å². The summed E-state index contributed by atoms with van der Waals surface area (Å²) in [4.78, 5) is 0. The molecule has 0 radical (unpaired) electrons. The van der Waals surface area contributed by atoms with Gasteiger partial charge in [-0.3, -0.25) is 0 Å². The molecule has 2 N–H and O–H groups in total. The van der Waals surface area contributed by atoms with Gasteiger partial charge in [0.15, 0.2) is 0 Å². The molecule has 0 aliphatic rings. The molecule has 1 aromatic carbocycles. The number of benzene rings is 1. The summed E-state index contributed by atoms with van der Waals surface area (Å²) < 4.78 is 0. The van der Waals surface area contributed by atoms with Crippen LogP contribution in [0.5, 0.6) is 0 Å². The molecule has 1 unspecified atom stereocenters. The molecule has 0 bridgehead atoms. The van der Waals surface area contributed by atoms with Crippen LogP contribution in [0.2, 0.25) is 5.02 Å². The Bertz CT molecular complexity index is 320. The van der Waals surface area contributed by atoms with Crippen LogP contribution in [-0.2, 0) is 0 Å². The van der Waals surface area contributed by atoms with Gasteiger partial charge in [-0.1, -0.05) is 37.6 Å². The summed E-state index contributed by atoms with van der Waals surface area (Å²) in [6.07, 6.45) is 2.19. The fraction of sp³-hybridized carbons (Fsp3) is 0.538. The van der Waals surface area contributed by atoms with E-state index in [1.165, 1.54) is 5.56 Å². The van der Waals surface area contributed by atoms with Crippen molar-refractivity contribution in [1.82, 2.24) is 0 Å². The Balaban J connectivity index is 2.73. The van der Waals surface area contributed by atoms with Crippen LogP contribution in [-0.4, -0.2) is 0 Å². The minimum atomic E-state index is 0.117. The summed E-state index contributed by atoms with van der Waals surface area (Å²) in [6, 6.07) is 6.08. The predicted octanol–water partition coefficient (Wildman–Crippen LogP) is 4.08. The van der Waals surface area contributed by atoms with Crippen molar-refractivity contribution in [2.24, 2.45) is 11.7 Å². The first-order valence-corrected chi connectivity index (χ1v) is 5.90. The van der Waals surface area contributed by atoms with Crippen LogP contribution < -0.4 is 5.73 Å². The molecule has 0 aliphatic heterocycles. The molecule has 0 fully saturated rings. The molecule has 0 spiro atoms. The van der Waals surface area contributed by atoms with Crippen molar-refractivity contribution in [2.45, 2.75) is 39.7 Å². The third-order valence-corrected chi connectivity index (χ3v) is 3.17. The van der Waals surface area contributed by atoms with Gasteiger partial charge in [-0.25, -0.2) is 0 Å². The second-order valence-corrected chi connectivity index (χ2v) is 4.94. The molecule has 0 aliphatic carbocycles. The van der Waals surface area contributed by atoms with Gasteiger partial charge in [0.2, 0.25) is 0 Å². The van der Waals surface area contributed by atoms with Crippen molar-refractivity contribution in [3.63, 3.8) is 0 Å². The van der Waals surface area contributed by atoms with Gasteiger partial charge in [0.25, 0.3) is 0 Å². The molecule has 1 nitrogen and oxygen atoms in total. The largest absolute Gasteiger partial charge is 0.324 e. The average molecular weight is 226 g/mol. The maximum Gasteiger partial charge on any atom is 0.0438 e. The van der Waals surface area contributed by atoms with Crippen LogP contribution in [0.4, 0.5) is 0 Å². The quantitative estimate of drug-likeness (QED) is 0.821. The average Bonchev–Trinajstić information content (AvgIpc) is 2.18. The summed E-state index contributed by atoms with van der Waals surface area (Å²) in [6.45, 7) is 6.47. The first-order valence-electron chi connectivity index (χ1n) is 5.53. The van der Waals surface area contributed by atoms with Crippen LogP contribution in [0, 0.1) is 12.8 Å². The lowest BCUT2D eigenvalue weighted by molar-refractivity contribution is 0.506. The molecule has 1 aromatic rings. The van der Waals surface area contributed by atoms with Crippen LogP contribution in [0.3, 0.4) is 0 Å². The summed E-state index contributed by atoms with van der Waals surface area (Å²) in [5.41, 5.74) is 8.46. The zero-order chi connectivity index (χ0) is 11.4. The molecule has 1 atom stereocenters. The topological polar surface area (TPSA) is 26.0 Å². The van der Waals surface area contributed by atoms with Gasteiger partial charge in [0.05, 0.1) is 0 Å². The van der Waals surface area contributed by atoms with E-state index in [-0.39, 0.29) is 6.04 Å². The molecule has 0 amide bonds. The molecular weight excluding hydrogens is 206 g/mol. The summed E-state index contributed by atoms with van der Waals surface area (Å²) in [5, 5.41) is 0.812. The normalized spacial score (nSPS) is 13.2. The van der Waals surface area contributed by atoms with Gasteiger partial charge >= 0.3 is 0 Å². The fourth-order valence-corrected chi connectivity index (χ4v) is 1.88. The lowest BCUT2D eigenvalue weighted by atomic mass is 9.95. The molecule has 1 rings (SSSR count). The van der Waals surface area contributed by atoms with E-state index in [9.17, 15) is 0 Å². The van der Waals surface area contributed by atoms with Crippen molar-refractivity contribution in [2.75, 3.05) is 0 Å². The third kappa shape index (κ3) is 3.51. The van der Waals surface area contributed by atoms with E-state index in [0.29, 0.717) is 5.92 Å². The first kappa shape index (κ1) is 12.5. The zero-order valence-corrected chi connectivity index (χ0v) is 10.5. The Morgan fingerprint density at radius 3 is 2.53 bits per heavy atom. The Hall–Kier alpha value is -0.530. The SMILES string of the molecule is Cc1c(Cl)cccc1C(N)CCC(C)C. The van der Waals surface area contributed by atoms with Gasteiger partial charge in [-0.2, -0.15) is 0 Å². The van der Waals surface area contributed by atoms with Crippen molar-refractivity contribution in [3.8, 4) is 0 Å². The molecule has 2 heteroatoms.